The lowest BCUT2D eigenvalue weighted by Crippen LogP contribution is -2.41. The van der Waals surface area contributed by atoms with E-state index in [0.717, 1.165) is 22.4 Å². The van der Waals surface area contributed by atoms with E-state index in [9.17, 15) is 4.79 Å². The summed E-state index contributed by atoms with van der Waals surface area (Å²) in [5.74, 6) is 0.0127. The van der Waals surface area contributed by atoms with Crippen molar-refractivity contribution >= 4 is 29.9 Å². The maximum Gasteiger partial charge on any atom is 0.248 e. The van der Waals surface area contributed by atoms with Gasteiger partial charge in [0, 0.05) is 17.5 Å². The van der Waals surface area contributed by atoms with Gasteiger partial charge in [0.2, 0.25) is 5.91 Å². The number of nitrogens with zero attached hydrogens (tertiary/aromatic N) is 2. The normalized spacial score (nSPS) is 17.6. The van der Waals surface area contributed by atoms with Crippen molar-refractivity contribution in [2.45, 2.75) is 47.1 Å². The van der Waals surface area contributed by atoms with E-state index in [-0.39, 0.29) is 11.9 Å². The lowest BCUT2D eigenvalue weighted by atomic mass is 9.90. The van der Waals surface area contributed by atoms with Gasteiger partial charge in [-0.05, 0) is 48.9 Å². The fourth-order valence-electron chi connectivity index (χ4n) is 3.09. The minimum atomic E-state index is -0.507. The van der Waals surface area contributed by atoms with Crippen LogP contribution in [-0.4, -0.2) is 28.9 Å². The summed E-state index contributed by atoms with van der Waals surface area (Å²) in [6, 6.07) is 7.52. The van der Waals surface area contributed by atoms with Crippen molar-refractivity contribution in [2.24, 2.45) is 10.5 Å². The van der Waals surface area contributed by atoms with Gasteiger partial charge in [-0.3, -0.25) is 4.79 Å². The molecule has 1 heterocycles. The molecule has 1 amide bonds. The number of anilines is 1. The van der Waals surface area contributed by atoms with Crippen molar-refractivity contribution in [3.8, 4) is 0 Å². The van der Waals surface area contributed by atoms with Gasteiger partial charge in [-0.15, -0.1) is 0 Å². The van der Waals surface area contributed by atoms with E-state index >= 15 is 0 Å². The second-order valence-corrected chi connectivity index (χ2v) is 7.62. The number of thiol groups is 1. The smallest absolute Gasteiger partial charge is 0.248 e. The van der Waals surface area contributed by atoms with Crippen LogP contribution >= 0.6 is 12.6 Å². The average Bonchev–Trinajstić information content (AvgIpc) is 3.08. The standard InChI is InChI=1S/C22H29N3O.CH4S/c1-7-9-15(3)18(8-2)20-14-19(16-10-12-17(23)13-11-16)24-25(20)21(26)22(4,5)6;1-2/h7-13,20H,1,14,23H2,2-6H3;2H,1H3/b15-9-,18-8+;. The van der Waals surface area contributed by atoms with Gasteiger partial charge in [0.1, 0.15) is 0 Å². The molecule has 1 aliphatic heterocycles. The molecular weight excluding hydrogens is 366 g/mol. The first-order valence-corrected chi connectivity index (χ1v) is 10.3. The monoisotopic (exact) mass is 399 g/mol. The highest BCUT2D eigenvalue weighted by atomic mass is 32.1. The van der Waals surface area contributed by atoms with Gasteiger partial charge in [-0.2, -0.15) is 17.7 Å². The van der Waals surface area contributed by atoms with E-state index in [0.29, 0.717) is 12.1 Å². The lowest BCUT2D eigenvalue weighted by molar-refractivity contribution is -0.140. The predicted octanol–water partition coefficient (Wildman–Crippen LogP) is 5.24. The number of allylic oxidation sites excluding steroid dienone is 3. The van der Waals surface area contributed by atoms with Gasteiger partial charge in [0.25, 0.3) is 0 Å². The SMILES string of the molecule is C=C/C=C(C)\C(=C/C)C1CC(c2ccc(N)cc2)=NN1C(=O)C(C)(C)C.CS. The molecule has 0 fully saturated rings. The largest absolute Gasteiger partial charge is 0.399 e. The van der Waals surface area contributed by atoms with E-state index in [1.165, 1.54) is 0 Å². The van der Waals surface area contributed by atoms with Crippen molar-refractivity contribution in [2.75, 3.05) is 12.0 Å². The first-order chi connectivity index (χ1) is 13.2. The molecule has 1 unspecified atom stereocenters. The van der Waals surface area contributed by atoms with E-state index < -0.39 is 5.41 Å². The molecule has 152 valence electrons. The number of hydrogen-bond donors (Lipinski definition) is 2. The van der Waals surface area contributed by atoms with Crippen molar-refractivity contribution in [1.82, 2.24) is 5.01 Å². The number of hydrazone groups is 1. The van der Waals surface area contributed by atoms with Crippen molar-refractivity contribution in [3.63, 3.8) is 0 Å². The van der Waals surface area contributed by atoms with Crippen LogP contribution < -0.4 is 5.73 Å². The number of carbonyl (C=O) groups excluding carboxylic acids is 1. The zero-order valence-electron chi connectivity index (χ0n) is 17.9. The summed E-state index contributed by atoms with van der Waals surface area (Å²) < 4.78 is 0. The fraction of sp³-hybridized carbons (Fsp3) is 0.391. The van der Waals surface area contributed by atoms with Crippen molar-refractivity contribution < 1.29 is 4.79 Å². The molecule has 2 rings (SSSR count). The molecule has 28 heavy (non-hydrogen) atoms. The zero-order chi connectivity index (χ0) is 21.5. The summed E-state index contributed by atoms with van der Waals surface area (Å²) in [6.45, 7) is 13.6. The first-order valence-electron chi connectivity index (χ1n) is 9.36. The highest BCUT2D eigenvalue weighted by Gasteiger charge is 2.38. The zero-order valence-corrected chi connectivity index (χ0v) is 18.8. The van der Waals surface area contributed by atoms with Crippen molar-refractivity contribution in [3.05, 3.63) is 65.8 Å². The highest BCUT2D eigenvalue weighted by molar-refractivity contribution is 7.79. The summed E-state index contributed by atoms with van der Waals surface area (Å²) >= 11 is 3.53. The highest BCUT2D eigenvalue weighted by Crippen LogP contribution is 2.32. The molecule has 0 saturated carbocycles. The minimum absolute atomic E-state index is 0.0127. The maximum absolute atomic E-state index is 13.0. The summed E-state index contributed by atoms with van der Waals surface area (Å²) in [6.07, 6.45) is 8.17. The van der Waals surface area contributed by atoms with Crippen molar-refractivity contribution in [1.29, 1.82) is 0 Å². The van der Waals surface area contributed by atoms with Crippen LogP contribution in [0.5, 0.6) is 0 Å². The summed E-state index contributed by atoms with van der Waals surface area (Å²) in [5, 5.41) is 6.37. The number of benzene rings is 1. The summed E-state index contributed by atoms with van der Waals surface area (Å²) in [7, 11) is 0. The molecule has 5 heteroatoms. The Balaban J connectivity index is 0.00000190. The predicted molar refractivity (Wildman–Crippen MR) is 125 cm³/mol. The number of amides is 1. The third-order valence-electron chi connectivity index (χ3n) is 4.50. The Hall–Kier alpha value is -2.27. The number of nitrogens with two attached hydrogens (primary N) is 1. The number of rotatable bonds is 4. The van der Waals surface area contributed by atoms with Crippen LogP contribution in [0.15, 0.2) is 65.3 Å². The molecule has 2 N–H and O–H groups in total. The fourth-order valence-corrected chi connectivity index (χ4v) is 3.09. The Morgan fingerprint density at radius 1 is 1.29 bits per heavy atom. The Morgan fingerprint density at radius 2 is 1.86 bits per heavy atom. The van der Waals surface area contributed by atoms with Gasteiger partial charge < -0.3 is 5.73 Å². The Morgan fingerprint density at radius 3 is 2.32 bits per heavy atom. The molecule has 0 bridgehead atoms. The quantitative estimate of drug-likeness (QED) is 0.413. The van der Waals surface area contributed by atoms with Crippen LogP contribution in [0, 0.1) is 5.41 Å². The van der Waals surface area contributed by atoms with Gasteiger partial charge >= 0.3 is 0 Å². The van der Waals surface area contributed by atoms with Gasteiger partial charge in [-0.1, -0.05) is 57.7 Å². The third kappa shape index (κ3) is 5.61. The molecular formula is C23H33N3OS. The van der Waals surface area contributed by atoms with Gasteiger partial charge in [-0.25, -0.2) is 5.01 Å². The molecule has 0 spiro atoms. The first kappa shape index (κ1) is 23.8. The van der Waals surface area contributed by atoms with Gasteiger partial charge in [0.15, 0.2) is 0 Å². The second kappa shape index (κ2) is 10.3. The Bertz CT molecular complexity index is 783. The molecule has 1 atom stereocenters. The van der Waals surface area contributed by atoms with Crippen LogP contribution in [0.4, 0.5) is 5.69 Å². The maximum atomic E-state index is 13.0. The topological polar surface area (TPSA) is 58.7 Å². The summed E-state index contributed by atoms with van der Waals surface area (Å²) in [5.41, 5.74) is 10.1. The van der Waals surface area contributed by atoms with Crippen LogP contribution in [0.1, 0.15) is 46.6 Å². The number of hydrogen-bond acceptors (Lipinski definition) is 4. The molecule has 1 aliphatic rings. The van der Waals surface area contributed by atoms with E-state index in [1.807, 2.05) is 65.0 Å². The Labute approximate surface area is 175 Å². The molecule has 0 aromatic heterocycles. The van der Waals surface area contributed by atoms with Crippen LogP contribution in [-0.2, 0) is 4.79 Å². The minimum Gasteiger partial charge on any atom is -0.399 e. The van der Waals surface area contributed by atoms with E-state index in [4.69, 9.17) is 10.8 Å². The van der Waals surface area contributed by atoms with E-state index in [1.54, 1.807) is 17.3 Å². The number of nitrogen functional groups attached to an aromatic ring is 1. The molecule has 0 radical (unpaired) electrons. The summed E-state index contributed by atoms with van der Waals surface area (Å²) in [4.78, 5) is 13.0. The molecule has 0 saturated heterocycles. The third-order valence-corrected chi connectivity index (χ3v) is 4.50. The van der Waals surface area contributed by atoms with E-state index in [2.05, 4.69) is 25.3 Å². The lowest BCUT2D eigenvalue weighted by Gasteiger charge is -2.30. The molecule has 1 aromatic rings. The molecule has 1 aromatic carbocycles. The van der Waals surface area contributed by atoms with Crippen LogP contribution in [0.3, 0.4) is 0 Å². The van der Waals surface area contributed by atoms with Crippen LogP contribution in [0.25, 0.3) is 0 Å². The van der Waals surface area contributed by atoms with Gasteiger partial charge in [0.05, 0.1) is 11.8 Å². The van der Waals surface area contributed by atoms with Crippen LogP contribution in [0.2, 0.25) is 0 Å². The number of carbonyl (C=O) groups is 1. The molecule has 0 aliphatic carbocycles. The molecule has 4 nitrogen and oxygen atoms in total. The average molecular weight is 400 g/mol. The second-order valence-electron chi connectivity index (χ2n) is 7.62. The Kier molecular flexibility index (Phi) is 8.76.